The molecule has 2 heterocycles. The first-order valence-electron chi connectivity index (χ1n) is 3.02. The van der Waals surface area contributed by atoms with E-state index >= 15 is 0 Å². The first-order chi connectivity index (χ1) is 5.18. The summed E-state index contributed by atoms with van der Waals surface area (Å²) in [5.74, 6) is -0.377. The Morgan fingerprint density at radius 3 is 2.82 bits per heavy atom. The molecule has 0 aliphatic rings. The average molecular weight is 174 g/mol. The molecule has 0 N–H and O–H groups in total. The van der Waals surface area contributed by atoms with Crippen molar-refractivity contribution in [1.82, 2.24) is 0 Å². The van der Waals surface area contributed by atoms with Crippen molar-refractivity contribution in [2.24, 2.45) is 0 Å². The van der Waals surface area contributed by atoms with Gasteiger partial charge in [0.15, 0.2) is 4.90 Å². The van der Waals surface area contributed by atoms with E-state index in [1.807, 2.05) is 0 Å². The van der Waals surface area contributed by atoms with Gasteiger partial charge >= 0.3 is 0 Å². The summed E-state index contributed by atoms with van der Waals surface area (Å²) in [7, 11) is 0. The van der Waals surface area contributed by atoms with Crippen molar-refractivity contribution in [3.05, 3.63) is 22.8 Å². The maximum atomic E-state index is 13.0. The molecule has 0 aliphatic heterocycles. The Kier molecular flexibility index (Phi) is 1.26. The quantitative estimate of drug-likeness (QED) is 0.598. The fraction of sp³-hybridized carbons (Fsp3) is 0.143. The van der Waals surface area contributed by atoms with E-state index in [1.165, 1.54) is 0 Å². The van der Waals surface area contributed by atoms with Crippen molar-refractivity contribution in [2.75, 3.05) is 0 Å². The van der Waals surface area contributed by atoms with E-state index in [-0.39, 0.29) is 11.2 Å². The van der Waals surface area contributed by atoms with Crippen molar-refractivity contribution in [2.45, 2.75) is 6.92 Å². The van der Waals surface area contributed by atoms with Crippen molar-refractivity contribution in [3.8, 4) is 0 Å². The summed E-state index contributed by atoms with van der Waals surface area (Å²) in [5.41, 5.74) is 0. The molecular formula is C7H4F2OS. The highest BCUT2D eigenvalue weighted by Crippen LogP contribution is 2.31. The van der Waals surface area contributed by atoms with Crippen molar-refractivity contribution in [1.29, 1.82) is 0 Å². The van der Waals surface area contributed by atoms with Crippen LogP contribution in [-0.2, 0) is 0 Å². The Balaban J connectivity index is 2.88. The molecule has 58 valence electrons. The number of furan rings is 1. The van der Waals surface area contributed by atoms with E-state index in [0.29, 0.717) is 9.77 Å². The van der Waals surface area contributed by atoms with Gasteiger partial charge in [0.05, 0.1) is 5.39 Å². The lowest BCUT2D eigenvalue weighted by Gasteiger charge is -1.79. The van der Waals surface area contributed by atoms with E-state index in [2.05, 4.69) is 4.42 Å². The van der Waals surface area contributed by atoms with Crippen LogP contribution in [0, 0.1) is 18.8 Å². The molecule has 2 aromatic heterocycles. The molecule has 0 aliphatic carbocycles. The second kappa shape index (κ2) is 2.04. The van der Waals surface area contributed by atoms with Crippen molar-refractivity contribution < 1.29 is 13.2 Å². The molecule has 0 saturated carbocycles. The number of thiophene rings is 1. The molecule has 1 nitrogen and oxygen atoms in total. The van der Waals surface area contributed by atoms with Gasteiger partial charge in [0.2, 0.25) is 0 Å². The molecule has 0 spiro atoms. The van der Waals surface area contributed by atoms with Crippen LogP contribution in [0.5, 0.6) is 0 Å². The van der Waals surface area contributed by atoms with Crippen molar-refractivity contribution >= 4 is 21.6 Å². The standard InChI is InChI=1S/C7H4F2OS/c1-3-6(9)4-2-5(8)10-7(4)11-3/h2H,1H3. The average Bonchev–Trinajstić information content (AvgIpc) is 2.37. The van der Waals surface area contributed by atoms with Gasteiger partial charge in [0.25, 0.3) is 6.01 Å². The highest BCUT2D eigenvalue weighted by atomic mass is 32.1. The van der Waals surface area contributed by atoms with Gasteiger partial charge in [0, 0.05) is 10.9 Å². The highest BCUT2D eigenvalue weighted by molar-refractivity contribution is 7.18. The maximum absolute atomic E-state index is 13.0. The second-order valence-corrected chi connectivity index (χ2v) is 3.41. The van der Waals surface area contributed by atoms with Crippen LogP contribution in [0.25, 0.3) is 10.3 Å². The Labute approximate surface area is 65.2 Å². The minimum atomic E-state index is -0.731. The molecule has 0 saturated heterocycles. The Morgan fingerprint density at radius 2 is 2.18 bits per heavy atom. The van der Waals surface area contributed by atoms with E-state index in [4.69, 9.17) is 0 Å². The molecule has 0 bridgehead atoms. The van der Waals surface area contributed by atoms with Gasteiger partial charge < -0.3 is 4.42 Å². The lowest BCUT2D eigenvalue weighted by molar-refractivity contribution is 0.383. The Hall–Kier alpha value is -0.900. The predicted molar refractivity (Wildman–Crippen MR) is 38.7 cm³/mol. The minimum absolute atomic E-state index is 0.241. The molecular weight excluding hydrogens is 170 g/mol. The first-order valence-corrected chi connectivity index (χ1v) is 3.84. The van der Waals surface area contributed by atoms with Gasteiger partial charge in [-0.3, -0.25) is 0 Å². The Bertz CT molecular complexity index is 402. The smallest absolute Gasteiger partial charge is 0.279 e. The topological polar surface area (TPSA) is 13.1 Å². The lowest BCUT2D eigenvalue weighted by Crippen LogP contribution is -1.68. The molecule has 0 amide bonds. The molecule has 2 rings (SSSR count). The van der Waals surface area contributed by atoms with E-state index in [9.17, 15) is 8.78 Å². The molecule has 2 aromatic rings. The van der Waals surface area contributed by atoms with E-state index < -0.39 is 6.01 Å². The van der Waals surface area contributed by atoms with Crippen LogP contribution in [-0.4, -0.2) is 0 Å². The number of hydrogen-bond donors (Lipinski definition) is 0. The van der Waals surface area contributed by atoms with Crippen LogP contribution in [0.2, 0.25) is 0 Å². The highest BCUT2D eigenvalue weighted by Gasteiger charge is 2.13. The number of rotatable bonds is 0. The predicted octanol–water partition coefficient (Wildman–Crippen LogP) is 3.08. The lowest BCUT2D eigenvalue weighted by atomic mass is 10.3. The fourth-order valence-corrected chi connectivity index (χ4v) is 1.81. The van der Waals surface area contributed by atoms with Crippen LogP contribution < -0.4 is 0 Å². The summed E-state index contributed by atoms with van der Waals surface area (Å²) in [6.45, 7) is 1.63. The molecule has 0 fully saturated rings. The number of aryl methyl sites for hydroxylation is 1. The maximum Gasteiger partial charge on any atom is 0.279 e. The summed E-state index contributed by atoms with van der Waals surface area (Å²) < 4.78 is 29.9. The summed E-state index contributed by atoms with van der Waals surface area (Å²) in [4.78, 5) is 0.844. The van der Waals surface area contributed by atoms with Gasteiger partial charge in [-0.15, -0.1) is 11.3 Å². The molecule has 0 atom stereocenters. The third kappa shape index (κ3) is 0.860. The zero-order valence-corrected chi connectivity index (χ0v) is 6.47. The van der Waals surface area contributed by atoms with E-state index in [0.717, 1.165) is 17.4 Å². The zero-order valence-electron chi connectivity index (χ0n) is 5.65. The molecule has 0 unspecified atom stereocenters. The number of hydrogen-bond acceptors (Lipinski definition) is 2. The summed E-state index contributed by atoms with van der Waals surface area (Å²) in [6, 6.07) is 0.332. The minimum Gasteiger partial charge on any atom is -0.420 e. The molecule has 11 heavy (non-hydrogen) atoms. The number of halogens is 2. The Morgan fingerprint density at radius 1 is 1.45 bits per heavy atom. The van der Waals surface area contributed by atoms with Gasteiger partial charge in [-0.2, -0.15) is 4.39 Å². The zero-order chi connectivity index (χ0) is 8.01. The van der Waals surface area contributed by atoms with Crippen LogP contribution in [0.1, 0.15) is 4.88 Å². The van der Waals surface area contributed by atoms with E-state index in [1.54, 1.807) is 6.92 Å². The largest absolute Gasteiger partial charge is 0.420 e. The van der Waals surface area contributed by atoms with Gasteiger partial charge in [-0.1, -0.05) is 0 Å². The van der Waals surface area contributed by atoms with Gasteiger partial charge in [-0.25, -0.2) is 4.39 Å². The SMILES string of the molecule is Cc1sc2oc(F)cc2c1F. The van der Waals surface area contributed by atoms with Crippen molar-refractivity contribution in [3.63, 3.8) is 0 Å². The summed E-state index contributed by atoms with van der Waals surface area (Å²) >= 11 is 1.12. The molecule has 0 radical (unpaired) electrons. The monoisotopic (exact) mass is 174 g/mol. The van der Waals surface area contributed by atoms with Crippen LogP contribution >= 0.6 is 11.3 Å². The summed E-state index contributed by atoms with van der Waals surface area (Å²) in [6.07, 6.45) is 0. The van der Waals surface area contributed by atoms with Crippen LogP contribution in [0.15, 0.2) is 10.5 Å². The third-order valence-electron chi connectivity index (χ3n) is 1.46. The molecule has 0 aromatic carbocycles. The third-order valence-corrected chi connectivity index (χ3v) is 2.43. The molecule has 4 heteroatoms. The number of fused-ring (bicyclic) bond motifs is 1. The fourth-order valence-electron chi connectivity index (χ4n) is 0.948. The van der Waals surface area contributed by atoms with Crippen LogP contribution in [0.4, 0.5) is 8.78 Å². The normalized spacial score (nSPS) is 11.2. The second-order valence-electron chi connectivity index (χ2n) is 2.22. The summed E-state index contributed by atoms with van der Waals surface area (Å²) in [5, 5.41) is 0.241. The van der Waals surface area contributed by atoms with Gasteiger partial charge in [0.1, 0.15) is 5.82 Å². The van der Waals surface area contributed by atoms with Gasteiger partial charge in [-0.05, 0) is 6.92 Å². The first kappa shape index (κ1) is 6.79. The van der Waals surface area contributed by atoms with Crippen LogP contribution in [0.3, 0.4) is 0 Å².